The Bertz CT molecular complexity index is 471. The van der Waals surface area contributed by atoms with Crippen molar-refractivity contribution >= 4 is 27.4 Å². The molecule has 0 spiro atoms. The molecule has 0 fully saturated rings. The van der Waals surface area contributed by atoms with Gasteiger partial charge in [-0.15, -0.1) is 11.3 Å². The Morgan fingerprint density at radius 3 is 2.88 bits per heavy atom. The van der Waals surface area contributed by atoms with E-state index in [9.17, 15) is 4.79 Å². The number of fused-ring (bicyclic) bond motifs is 1. The summed E-state index contributed by atoms with van der Waals surface area (Å²) in [5.41, 5.74) is 0. The number of carboxylic acids is 1. The molecule has 1 atom stereocenters. The van der Waals surface area contributed by atoms with Crippen LogP contribution in [0.5, 0.6) is 0 Å². The smallest absolute Gasteiger partial charge is 0.333 e. The van der Waals surface area contributed by atoms with E-state index in [4.69, 9.17) is 9.84 Å². The number of carboxylic acid groups (broad SMARTS) is 1. The number of rotatable bonds is 4. The monoisotopic (exact) mass is 236 g/mol. The summed E-state index contributed by atoms with van der Waals surface area (Å²) in [6.45, 7) is 0. The minimum atomic E-state index is -0.917. The number of methoxy groups -OCH3 is 1. The van der Waals surface area contributed by atoms with Crippen LogP contribution in [-0.2, 0) is 16.0 Å². The lowest BCUT2D eigenvalue weighted by molar-refractivity contribution is -0.148. The van der Waals surface area contributed by atoms with Crippen LogP contribution in [0, 0.1) is 0 Å². The molecule has 1 aromatic carbocycles. The first-order valence-electron chi connectivity index (χ1n) is 4.94. The summed E-state index contributed by atoms with van der Waals surface area (Å²) in [5, 5.41) is 10.0. The van der Waals surface area contributed by atoms with Gasteiger partial charge in [-0.25, -0.2) is 4.79 Å². The highest BCUT2D eigenvalue weighted by molar-refractivity contribution is 7.19. The summed E-state index contributed by atoms with van der Waals surface area (Å²) in [4.78, 5) is 11.9. The van der Waals surface area contributed by atoms with Crippen molar-refractivity contribution in [2.24, 2.45) is 0 Å². The number of aliphatic carboxylic acids is 1. The Balaban J connectivity index is 2.24. The minimum absolute atomic E-state index is 0.422. The summed E-state index contributed by atoms with van der Waals surface area (Å²) >= 11 is 1.62. The third-order valence-electron chi connectivity index (χ3n) is 2.42. The van der Waals surface area contributed by atoms with Crippen LogP contribution < -0.4 is 0 Å². The van der Waals surface area contributed by atoms with Gasteiger partial charge in [0.15, 0.2) is 6.10 Å². The molecule has 0 aliphatic carbocycles. The molecule has 0 aliphatic rings. The average Bonchev–Trinajstić information content (AvgIpc) is 2.67. The molecule has 1 unspecified atom stereocenters. The number of carbonyl (C=O) groups is 1. The summed E-state index contributed by atoms with van der Waals surface area (Å²) in [5.74, 6) is -0.917. The maximum atomic E-state index is 10.8. The number of hydrogen-bond donors (Lipinski definition) is 1. The van der Waals surface area contributed by atoms with Crippen LogP contribution in [0.2, 0.25) is 0 Å². The van der Waals surface area contributed by atoms with Crippen LogP contribution >= 0.6 is 11.3 Å². The minimum Gasteiger partial charge on any atom is -0.479 e. The Morgan fingerprint density at radius 1 is 1.50 bits per heavy atom. The van der Waals surface area contributed by atoms with Crippen LogP contribution in [0.25, 0.3) is 10.1 Å². The second kappa shape index (κ2) is 4.63. The lowest BCUT2D eigenvalue weighted by Crippen LogP contribution is -2.24. The van der Waals surface area contributed by atoms with Gasteiger partial charge >= 0.3 is 5.97 Å². The van der Waals surface area contributed by atoms with E-state index in [1.807, 2.05) is 30.3 Å². The molecular weight excluding hydrogens is 224 g/mol. The molecular formula is C12H12O3S. The predicted molar refractivity (Wildman–Crippen MR) is 64.0 cm³/mol. The van der Waals surface area contributed by atoms with E-state index in [1.165, 1.54) is 11.8 Å². The summed E-state index contributed by atoms with van der Waals surface area (Å²) < 4.78 is 6.10. The molecule has 0 radical (unpaired) electrons. The van der Waals surface area contributed by atoms with Crippen molar-refractivity contribution in [2.45, 2.75) is 12.5 Å². The van der Waals surface area contributed by atoms with Crippen LogP contribution in [0.1, 0.15) is 4.88 Å². The van der Waals surface area contributed by atoms with Crippen molar-refractivity contribution < 1.29 is 14.6 Å². The maximum absolute atomic E-state index is 10.8. The fourth-order valence-electron chi connectivity index (χ4n) is 1.59. The van der Waals surface area contributed by atoms with Gasteiger partial charge in [0, 0.05) is 23.1 Å². The Kier molecular flexibility index (Phi) is 3.22. The first-order valence-corrected chi connectivity index (χ1v) is 5.75. The molecule has 1 N–H and O–H groups in total. The highest BCUT2D eigenvalue weighted by atomic mass is 32.1. The van der Waals surface area contributed by atoms with Crippen molar-refractivity contribution in [1.82, 2.24) is 0 Å². The van der Waals surface area contributed by atoms with Gasteiger partial charge in [0.2, 0.25) is 0 Å². The van der Waals surface area contributed by atoms with Crippen LogP contribution in [0.15, 0.2) is 30.3 Å². The van der Waals surface area contributed by atoms with Crippen molar-refractivity contribution in [3.8, 4) is 0 Å². The molecule has 1 aromatic heterocycles. The standard InChI is InChI=1S/C12H12O3S/c1-15-10(12(13)14)7-9-6-8-4-2-3-5-11(8)16-9/h2-6,10H,7H2,1H3,(H,13,14). The first kappa shape index (κ1) is 11.1. The largest absolute Gasteiger partial charge is 0.479 e. The van der Waals surface area contributed by atoms with Gasteiger partial charge in [0.05, 0.1) is 0 Å². The quantitative estimate of drug-likeness (QED) is 0.887. The molecule has 0 amide bonds. The highest BCUT2D eigenvalue weighted by Gasteiger charge is 2.17. The van der Waals surface area contributed by atoms with Gasteiger partial charge in [0.1, 0.15) is 0 Å². The summed E-state index contributed by atoms with van der Waals surface area (Å²) in [6.07, 6.45) is -0.335. The van der Waals surface area contributed by atoms with E-state index < -0.39 is 12.1 Å². The van der Waals surface area contributed by atoms with E-state index >= 15 is 0 Å². The maximum Gasteiger partial charge on any atom is 0.333 e. The zero-order valence-electron chi connectivity index (χ0n) is 8.84. The molecule has 0 aliphatic heterocycles. The number of thiophene rings is 1. The van der Waals surface area contributed by atoms with Gasteiger partial charge in [0.25, 0.3) is 0 Å². The van der Waals surface area contributed by atoms with E-state index in [2.05, 4.69) is 0 Å². The predicted octanol–water partition coefficient (Wildman–Crippen LogP) is 2.54. The van der Waals surface area contributed by atoms with Crippen LogP contribution in [-0.4, -0.2) is 24.3 Å². The second-order valence-electron chi connectivity index (χ2n) is 3.52. The zero-order chi connectivity index (χ0) is 11.5. The third-order valence-corrected chi connectivity index (χ3v) is 3.56. The van der Waals surface area contributed by atoms with Crippen LogP contribution in [0.3, 0.4) is 0 Å². The van der Waals surface area contributed by atoms with Gasteiger partial charge in [-0.1, -0.05) is 18.2 Å². The SMILES string of the molecule is COC(Cc1cc2ccccc2s1)C(=O)O. The molecule has 84 valence electrons. The molecule has 2 rings (SSSR count). The van der Waals surface area contributed by atoms with E-state index in [-0.39, 0.29) is 0 Å². The van der Waals surface area contributed by atoms with Gasteiger partial charge < -0.3 is 9.84 Å². The third kappa shape index (κ3) is 2.23. The first-order chi connectivity index (χ1) is 7.70. The number of hydrogen-bond acceptors (Lipinski definition) is 3. The fraction of sp³-hybridized carbons (Fsp3) is 0.250. The van der Waals surface area contributed by atoms with Crippen LogP contribution in [0.4, 0.5) is 0 Å². The topological polar surface area (TPSA) is 46.5 Å². The van der Waals surface area contributed by atoms with Crippen molar-refractivity contribution in [1.29, 1.82) is 0 Å². The van der Waals surface area contributed by atoms with E-state index in [1.54, 1.807) is 11.3 Å². The molecule has 16 heavy (non-hydrogen) atoms. The fourth-order valence-corrected chi connectivity index (χ4v) is 2.69. The zero-order valence-corrected chi connectivity index (χ0v) is 9.66. The second-order valence-corrected chi connectivity index (χ2v) is 4.69. The summed E-state index contributed by atoms with van der Waals surface area (Å²) in [7, 11) is 1.42. The van der Waals surface area contributed by atoms with Crippen molar-refractivity contribution in [2.75, 3.05) is 7.11 Å². The highest BCUT2D eigenvalue weighted by Crippen LogP contribution is 2.26. The van der Waals surface area contributed by atoms with Gasteiger partial charge in [-0.2, -0.15) is 0 Å². The average molecular weight is 236 g/mol. The lowest BCUT2D eigenvalue weighted by Gasteiger charge is -2.07. The lowest BCUT2D eigenvalue weighted by atomic mass is 10.2. The molecule has 4 heteroatoms. The summed E-state index contributed by atoms with van der Waals surface area (Å²) in [6, 6.07) is 10.0. The Labute approximate surface area is 97.3 Å². The van der Waals surface area contributed by atoms with Gasteiger partial charge in [-0.3, -0.25) is 0 Å². The number of benzene rings is 1. The Morgan fingerprint density at radius 2 is 2.25 bits per heavy atom. The molecule has 0 bridgehead atoms. The van der Waals surface area contributed by atoms with E-state index in [0.29, 0.717) is 6.42 Å². The molecule has 0 saturated carbocycles. The van der Waals surface area contributed by atoms with Crippen molar-refractivity contribution in [3.63, 3.8) is 0 Å². The number of ether oxygens (including phenoxy) is 1. The van der Waals surface area contributed by atoms with Crippen molar-refractivity contribution in [3.05, 3.63) is 35.2 Å². The van der Waals surface area contributed by atoms with Gasteiger partial charge in [-0.05, 0) is 17.5 Å². The molecule has 3 nitrogen and oxygen atoms in total. The normalized spacial score (nSPS) is 12.8. The van der Waals surface area contributed by atoms with E-state index in [0.717, 1.165) is 10.3 Å². The molecule has 0 saturated heterocycles. The molecule has 2 aromatic rings. The Hall–Kier alpha value is -1.39. The molecule has 1 heterocycles.